The Morgan fingerprint density at radius 1 is 0.376 bits per heavy atom. The SMILES string of the molecule is CC(C)C[C@H](NC(=O)OCC1c2ccccc2-c2ccccc21)C(=O)N[C@@H](Cc1c[nH]cn1)C(=O)N[C@@H](CC(C)C)C(=O)N[C@@H](CC(C)C)C(=O)N[C@@H](Cc1c[nH]cn1)C(=O)N[C@@H](Cc1c[nH]cn1)C(=O)N[C@@H](CC(C)C)C(=O)N[C@@H](Cc1c[nH]cn1)C(=O)N[C@@H](Cc1c[nH]cn1)C(=O)N[C@@H](CCCCN)C(=O)O. The number of amides is 10. The van der Waals surface area contributed by atoms with Crippen molar-refractivity contribution in [3.8, 4) is 11.1 Å². The van der Waals surface area contributed by atoms with Gasteiger partial charge in [0, 0.05) is 69.0 Å². The van der Waals surface area contributed by atoms with Crippen molar-refractivity contribution in [3.63, 3.8) is 0 Å². The Balaban J connectivity index is 0.973. The second kappa shape index (κ2) is 40.9. The number of rotatable bonds is 44. The molecule has 1 aliphatic carbocycles. The number of aromatic nitrogens is 10. The van der Waals surface area contributed by atoms with E-state index in [9.17, 15) is 53.1 Å². The number of hydrogen-bond donors (Lipinski definition) is 17. The summed E-state index contributed by atoms with van der Waals surface area (Å²) in [7, 11) is 0. The molecule has 1 aliphatic rings. The number of carboxylic acid groups (broad SMARTS) is 1. The van der Waals surface area contributed by atoms with E-state index in [-0.39, 0.29) is 100 Å². The second-order valence-corrected chi connectivity index (χ2v) is 29.0. The molecule has 10 atom stereocenters. The van der Waals surface area contributed by atoms with Crippen molar-refractivity contribution >= 4 is 65.2 Å². The third-order valence-electron chi connectivity index (χ3n) is 18.2. The van der Waals surface area contributed by atoms with Crippen LogP contribution < -0.4 is 58.9 Å². The Hall–Kier alpha value is -11.6. The third-order valence-corrected chi connectivity index (χ3v) is 18.2. The fourth-order valence-electron chi connectivity index (χ4n) is 12.9. The molecule has 0 fully saturated rings. The van der Waals surface area contributed by atoms with E-state index in [2.05, 4.69) is 103 Å². The summed E-state index contributed by atoms with van der Waals surface area (Å²) < 4.78 is 5.83. The van der Waals surface area contributed by atoms with Crippen LogP contribution in [0.25, 0.3) is 11.1 Å². The standard InChI is InChI=1S/C75H103N21O13/c1-41(2)21-56(89-70(102)61(26-46-31-78-37-83-46)93-68(100)59(24-44(7)8)96-75(108)109-35-54-52-17-11-9-15-50(52)51-16-10-12-18-53(51)54)65(97)88-57(22-42(3)4)66(98)91-64(29-49-34-81-40-86-49)73(105)95-62(27-47-32-79-38-84-47)71(103)90-58(23-43(5)6)67(99)92-63(28-48-33-80-39-85-48)72(104)94-60(25-45-30-77-36-82-45)69(101)87-55(74(106)107)19-13-14-20-76/h9-12,15-18,30-34,36-44,54-64H,13-14,19-29,35,76H2,1-8H3,(H,77,82)(H,78,83)(H,79,84)(H,80,85)(H,81,86)(H,87,101)(H,88,97)(H,89,102)(H,90,103)(H,91,98)(H,92,99)(H,93,100)(H,94,104)(H,95,105)(H,96,108)(H,106,107)/t55-,56-,57-,58-,59-,60-,61-,62-,63-,64-/m0/s1. The molecule has 0 bridgehead atoms. The van der Waals surface area contributed by atoms with Gasteiger partial charge in [0.15, 0.2) is 0 Å². The first-order valence-electron chi connectivity index (χ1n) is 36.9. The number of hydrogen-bond acceptors (Lipinski definition) is 18. The molecule has 5 aromatic heterocycles. The summed E-state index contributed by atoms with van der Waals surface area (Å²) in [5.41, 5.74) is 11.4. The number of unbranched alkanes of at least 4 members (excludes halogenated alkanes) is 1. The van der Waals surface area contributed by atoms with E-state index >= 15 is 4.79 Å². The number of nitrogens with two attached hydrogens (primary N) is 1. The minimum Gasteiger partial charge on any atom is -0.480 e. The van der Waals surface area contributed by atoms with Gasteiger partial charge in [0.2, 0.25) is 53.2 Å². The summed E-state index contributed by atoms with van der Waals surface area (Å²) >= 11 is 0. The smallest absolute Gasteiger partial charge is 0.407 e. The number of aliphatic carboxylic acids is 1. The Morgan fingerprint density at radius 3 is 0.890 bits per heavy atom. The van der Waals surface area contributed by atoms with Crippen molar-refractivity contribution in [2.75, 3.05) is 13.2 Å². The van der Waals surface area contributed by atoms with Crippen LogP contribution in [0.3, 0.4) is 0 Å². The number of H-pyrrole nitrogens is 5. The van der Waals surface area contributed by atoms with Crippen LogP contribution in [-0.4, -0.2) is 194 Å². The van der Waals surface area contributed by atoms with Crippen LogP contribution in [0.1, 0.15) is 146 Å². The zero-order chi connectivity index (χ0) is 78.7. The molecule has 34 heteroatoms. The predicted molar refractivity (Wildman–Crippen MR) is 399 cm³/mol. The van der Waals surface area contributed by atoms with Crippen molar-refractivity contribution in [1.82, 2.24) is 103 Å². The zero-order valence-corrected chi connectivity index (χ0v) is 62.6. The second-order valence-electron chi connectivity index (χ2n) is 29.0. The first kappa shape index (κ1) is 83.1. The van der Waals surface area contributed by atoms with Crippen LogP contribution in [0.4, 0.5) is 4.79 Å². The lowest BCUT2D eigenvalue weighted by Gasteiger charge is -2.29. The van der Waals surface area contributed by atoms with Crippen molar-refractivity contribution in [3.05, 3.63) is 151 Å². The van der Waals surface area contributed by atoms with Crippen LogP contribution in [0.2, 0.25) is 0 Å². The molecule has 0 unspecified atom stereocenters. The van der Waals surface area contributed by atoms with E-state index in [1.54, 1.807) is 20.0 Å². The lowest BCUT2D eigenvalue weighted by atomic mass is 9.98. The number of carbonyl (C=O) groups excluding carboxylic acids is 10. The molecule has 0 saturated carbocycles. The van der Waals surface area contributed by atoms with Gasteiger partial charge in [0.1, 0.15) is 67.0 Å². The van der Waals surface area contributed by atoms with E-state index in [0.29, 0.717) is 47.9 Å². The van der Waals surface area contributed by atoms with Gasteiger partial charge in [0.05, 0.1) is 60.1 Å². The van der Waals surface area contributed by atoms with Gasteiger partial charge >= 0.3 is 12.1 Å². The van der Waals surface area contributed by atoms with Gasteiger partial charge in [-0.05, 0) is 97.4 Å². The molecule has 5 heterocycles. The molecule has 10 amide bonds. The van der Waals surface area contributed by atoms with Gasteiger partial charge in [-0.3, -0.25) is 43.2 Å². The maximum Gasteiger partial charge on any atom is 0.407 e. The number of alkyl carbamates (subject to hydrolysis) is 1. The third kappa shape index (κ3) is 25.6. The molecule has 8 rings (SSSR count). The summed E-state index contributed by atoms with van der Waals surface area (Å²) in [4.78, 5) is 194. The molecule has 0 spiro atoms. The quantitative estimate of drug-likeness (QED) is 0.0244. The average Bonchev–Trinajstić information content (AvgIpc) is 1.62. The average molecular weight is 1510 g/mol. The molecule has 18 N–H and O–H groups in total. The topological polar surface area (TPSA) is 507 Å². The number of aromatic amines is 5. The van der Waals surface area contributed by atoms with Gasteiger partial charge in [-0.15, -0.1) is 0 Å². The normalized spacial score (nSPS) is 14.6. The van der Waals surface area contributed by atoms with Crippen molar-refractivity contribution in [1.29, 1.82) is 0 Å². The number of fused-ring (bicyclic) bond motifs is 3. The van der Waals surface area contributed by atoms with E-state index in [0.717, 1.165) is 22.3 Å². The van der Waals surface area contributed by atoms with Crippen molar-refractivity contribution in [2.24, 2.45) is 29.4 Å². The maximum atomic E-state index is 15.0. The molecule has 7 aromatic rings. The van der Waals surface area contributed by atoms with Gasteiger partial charge in [-0.25, -0.2) is 34.5 Å². The monoisotopic (exact) mass is 1510 g/mol. The van der Waals surface area contributed by atoms with Crippen LogP contribution >= 0.6 is 0 Å². The summed E-state index contributed by atoms with van der Waals surface area (Å²) in [6.07, 6.45) is 13.7. The summed E-state index contributed by atoms with van der Waals surface area (Å²) in [6, 6.07) is 2.06. The van der Waals surface area contributed by atoms with Gasteiger partial charge in [0.25, 0.3) is 0 Å². The molecular formula is C75H103N21O13. The first-order chi connectivity index (χ1) is 52.2. The molecule has 2 aromatic carbocycles. The summed E-state index contributed by atoms with van der Waals surface area (Å²) in [6.45, 7) is 14.9. The number of carbonyl (C=O) groups is 11. The van der Waals surface area contributed by atoms with E-state index in [1.165, 1.54) is 56.4 Å². The van der Waals surface area contributed by atoms with Crippen molar-refractivity contribution < 1.29 is 62.6 Å². The fraction of sp³-hybridized carbons (Fsp3) is 0.493. The Kier molecular flexibility index (Phi) is 31.2. The van der Waals surface area contributed by atoms with E-state index < -0.39 is 126 Å². The minimum absolute atomic E-state index is 0.00285. The number of nitrogens with zero attached hydrogens (tertiary/aromatic N) is 5. The Bertz CT molecular complexity index is 4050. The highest BCUT2D eigenvalue weighted by molar-refractivity contribution is 5.99. The predicted octanol–water partition coefficient (Wildman–Crippen LogP) is 2.48. The first-order valence-corrected chi connectivity index (χ1v) is 36.9. The maximum absolute atomic E-state index is 15.0. The number of imidazole rings is 5. The van der Waals surface area contributed by atoms with Gasteiger partial charge < -0.3 is 93.7 Å². The highest BCUT2D eigenvalue weighted by Gasteiger charge is 2.39. The van der Waals surface area contributed by atoms with Crippen LogP contribution in [0, 0.1) is 23.7 Å². The van der Waals surface area contributed by atoms with Crippen molar-refractivity contribution in [2.45, 2.75) is 199 Å². The van der Waals surface area contributed by atoms with Crippen LogP contribution in [0.15, 0.2) is 111 Å². The molecule has 0 radical (unpaired) electrons. The largest absolute Gasteiger partial charge is 0.480 e. The minimum atomic E-state index is -1.50. The number of benzene rings is 2. The number of nitrogens with one attached hydrogen (secondary N) is 15. The highest BCUT2D eigenvalue weighted by Crippen LogP contribution is 2.44. The highest BCUT2D eigenvalue weighted by atomic mass is 16.5. The van der Waals surface area contributed by atoms with Gasteiger partial charge in [-0.1, -0.05) is 104 Å². The summed E-state index contributed by atoms with van der Waals surface area (Å²) in [5, 5.41) is 37.5. The number of ether oxygens (including phenoxy) is 1. The lowest BCUT2D eigenvalue weighted by Crippen LogP contribution is -2.61. The molecule has 109 heavy (non-hydrogen) atoms. The molecule has 34 nitrogen and oxygen atoms in total. The number of carboxylic acids is 1. The Morgan fingerprint density at radius 2 is 0.633 bits per heavy atom. The Labute approximate surface area is 631 Å². The van der Waals surface area contributed by atoms with Crippen LogP contribution in [-0.2, 0) is 84.8 Å². The fourth-order valence-corrected chi connectivity index (χ4v) is 12.9. The van der Waals surface area contributed by atoms with Gasteiger partial charge in [-0.2, -0.15) is 0 Å². The lowest BCUT2D eigenvalue weighted by molar-refractivity contribution is -0.142. The molecule has 586 valence electrons. The molecular weight excluding hydrogens is 1400 g/mol. The van der Waals surface area contributed by atoms with E-state index in [4.69, 9.17) is 10.5 Å². The van der Waals surface area contributed by atoms with Crippen LogP contribution in [0.5, 0.6) is 0 Å². The zero-order valence-electron chi connectivity index (χ0n) is 62.6. The molecule has 0 aliphatic heterocycles. The van der Waals surface area contributed by atoms with E-state index in [1.807, 2.05) is 90.1 Å². The summed E-state index contributed by atoms with van der Waals surface area (Å²) in [5.74, 6) is -9.77. The molecule has 0 saturated heterocycles.